The van der Waals surface area contributed by atoms with Gasteiger partial charge in [-0.25, -0.2) is 9.97 Å². The van der Waals surface area contributed by atoms with E-state index in [4.69, 9.17) is 118 Å². The molecule has 3 aromatic heterocycles. The Morgan fingerprint density at radius 3 is 1.00 bits per heavy atom. The second-order valence-electron chi connectivity index (χ2n) is 13.0. The van der Waals surface area contributed by atoms with Crippen molar-refractivity contribution in [3.8, 4) is 44.5 Å². The Bertz CT molecular complexity index is 3020. The number of benzene rings is 4. The smallest absolute Gasteiger partial charge is 0.657 e. The largest absolute Gasteiger partial charge is 2.00 e. The number of hydrogen-bond donors (Lipinski definition) is 1. The van der Waals surface area contributed by atoms with Gasteiger partial charge in [0.05, 0.1) is 28.5 Å². The molecule has 0 spiro atoms. The Labute approximate surface area is 385 Å². The first-order chi connectivity index (χ1) is 27.5. The van der Waals surface area contributed by atoms with Gasteiger partial charge in [0.15, 0.2) is 0 Å². The van der Waals surface area contributed by atoms with Gasteiger partial charge in [-0.2, -0.15) is 0 Å². The summed E-state index contributed by atoms with van der Waals surface area (Å²) in [4.78, 5) is 20.8. The van der Waals surface area contributed by atoms with Crippen LogP contribution >= 0.6 is 92.8 Å². The van der Waals surface area contributed by atoms with Crippen molar-refractivity contribution in [1.82, 2.24) is 19.9 Å². The molecule has 0 fully saturated rings. The minimum atomic E-state index is 0. The first-order valence-corrected chi connectivity index (χ1v) is 20.1. The third-order valence-electron chi connectivity index (χ3n) is 9.60. The second kappa shape index (κ2) is 16.3. The summed E-state index contributed by atoms with van der Waals surface area (Å²) < 4.78 is 0. The van der Waals surface area contributed by atoms with E-state index in [2.05, 4.69) is 0 Å². The topological polar surface area (TPSA) is 80.0 Å². The van der Waals surface area contributed by atoms with Crippen LogP contribution < -0.4 is 15.7 Å². The molecule has 2 aliphatic heterocycles. The molecule has 280 valence electrons. The Morgan fingerprint density at radius 1 is 0.362 bits per heavy atom. The van der Waals surface area contributed by atoms with Gasteiger partial charge in [0, 0.05) is 62.4 Å². The van der Waals surface area contributed by atoms with E-state index >= 15 is 0 Å². The molecule has 0 aliphatic carbocycles. The van der Waals surface area contributed by atoms with Gasteiger partial charge in [0.1, 0.15) is 0 Å². The van der Waals surface area contributed by atoms with Crippen LogP contribution in [-0.4, -0.2) is 9.97 Å². The Kier molecular flexibility index (Phi) is 11.6. The molecule has 0 atom stereocenters. The summed E-state index contributed by atoms with van der Waals surface area (Å²) in [6.07, 6.45) is 5.48. The molecule has 0 saturated carbocycles. The van der Waals surface area contributed by atoms with Gasteiger partial charge >= 0.3 is 19.5 Å². The molecule has 14 heteroatoms. The maximum Gasteiger partial charge on any atom is 2.00 e. The van der Waals surface area contributed by atoms with Crippen LogP contribution in [-0.2, 0) is 19.5 Å². The van der Waals surface area contributed by atoms with E-state index in [0.29, 0.717) is 135 Å². The summed E-state index contributed by atoms with van der Waals surface area (Å²) >= 11 is 55.5. The van der Waals surface area contributed by atoms with Crippen LogP contribution in [0.4, 0.5) is 0 Å². The summed E-state index contributed by atoms with van der Waals surface area (Å²) in [6, 6.07) is 28.5. The number of aromatic nitrogens is 4. The fraction of sp³-hybridized carbons (Fsp3) is 0. The van der Waals surface area contributed by atoms with Gasteiger partial charge < -0.3 is 15.7 Å². The molecule has 2 aliphatic rings. The van der Waals surface area contributed by atoms with Crippen molar-refractivity contribution in [2.45, 2.75) is 0 Å². The summed E-state index contributed by atoms with van der Waals surface area (Å²) in [6.45, 7) is 0. The van der Waals surface area contributed by atoms with Gasteiger partial charge in [-0.1, -0.05) is 141 Å². The van der Waals surface area contributed by atoms with E-state index in [-0.39, 0.29) is 19.5 Å². The molecule has 8 bridgehead atoms. The molecule has 0 amide bonds. The summed E-state index contributed by atoms with van der Waals surface area (Å²) in [5.41, 5.74) is 15.3. The zero-order valence-corrected chi connectivity index (χ0v) is 38.6. The summed E-state index contributed by atoms with van der Waals surface area (Å²) in [7, 11) is 0. The normalized spacial score (nSPS) is 12.1. The zero-order valence-electron chi connectivity index (χ0n) is 29.6. The Hall–Kier alpha value is -3.78. The minimum Gasteiger partial charge on any atom is -0.657 e. The fourth-order valence-corrected chi connectivity index (χ4v) is 9.51. The Balaban J connectivity index is 0.00000469. The number of rotatable bonds is 4. The monoisotopic (exact) mass is 963 g/mol. The van der Waals surface area contributed by atoms with Crippen LogP contribution in [0.25, 0.3) is 90.5 Å². The van der Waals surface area contributed by atoms with Crippen molar-refractivity contribution in [3.05, 3.63) is 160 Å². The number of fused-ring (bicyclic) bond motifs is 8. The van der Waals surface area contributed by atoms with Crippen molar-refractivity contribution < 1.29 is 19.5 Å². The third-order valence-corrected chi connectivity index (χ3v) is 12.1. The van der Waals surface area contributed by atoms with Gasteiger partial charge in [0.2, 0.25) is 0 Å². The van der Waals surface area contributed by atoms with E-state index in [1.165, 1.54) is 0 Å². The van der Waals surface area contributed by atoms with Gasteiger partial charge in [0.25, 0.3) is 0 Å². The maximum atomic E-state index is 6.94. The SMILES string of the molecule is NC1=Cc2nc1c(-c1c(Cl)cccc1Cl)c1ccc([n-]1)c(-c1c(Cl)cccc1Cl)c1nc(c(-c3c(Cl)cccc3Cl)c3ccc([n-]3)c2-c2c(Cl)cccc2Cl)C=C1.[Zn+2]. The van der Waals surface area contributed by atoms with Crippen LogP contribution in [0.3, 0.4) is 0 Å². The maximum absolute atomic E-state index is 6.94. The van der Waals surface area contributed by atoms with E-state index < -0.39 is 0 Å². The molecule has 7 aromatic rings. The van der Waals surface area contributed by atoms with Crippen LogP contribution in [0.1, 0.15) is 22.8 Å². The van der Waals surface area contributed by atoms with Crippen molar-refractivity contribution in [1.29, 1.82) is 0 Å². The Morgan fingerprint density at radius 2 is 0.655 bits per heavy atom. The quantitative estimate of drug-likeness (QED) is 0.178. The third kappa shape index (κ3) is 7.07. The fourth-order valence-electron chi connectivity index (χ4n) is 7.16. The zero-order chi connectivity index (χ0) is 39.7. The van der Waals surface area contributed by atoms with Gasteiger partial charge in [-0.15, -0.1) is 22.1 Å². The van der Waals surface area contributed by atoms with Crippen LogP contribution in [0.2, 0.25) is 40.2 Å². The molecule has 0 unspecified atom stereocenters. The van der Waals surface area contributed by atoms with Crippen LogP contribution in [0.5, 0.6) is 0 Å². The van der Waals surface area contributed by atoms with Crippen molar-refractivity contribution >= 4 is 139 Å². The number of nitrogens with zero attached hydrogens (tertiary/aromatic N) is 4. The van der Waals surface area contributed by atoms with Gasteiger partial charge in [-0.05, 0) is 89.0 Å². The van der Waals surface area contributed by atoms with Crippen LogP contribution in [0, 0.1) is 0 Å². The van der Waals surface area contributed by atoms with Gasteiger partial charge in [-0.3, -0.25) is 0 Å². The molecule has 5 nitrogen and oxygen atoms in total. The van der Waals surface area contributed by atoms with Crippen molar-refractivity contribution in [2.75, 3.05) is 0 Å². The molecule has 9 rings (SSSR count). The molecule has 2 N–H and O–H groups in total. The minimum absolute atomic E-state index is 0. The molecule has 5 heterocycles. The predicted octanol–water partition coefficient (Wildman–Crippen LogP) is 15.1. The summed E-state index contributed by atoms with van der Waals surface area (Å²) in [5, 5.41) is 3.07. The predicted molar refractivity (Wildman–Crippen MR) is 242 cm³/mol. The molecule has 0 radical (unpaired) electrons. The van der Waals surface area contributed by atoms with E-state index in [9.17, 15) is 0 Å². The van der Waals surface area contributed by atoms with E-state index in [1.807, 2.05) is 36.4 Å². The molecule has 58 heavy (non-hydrogen) atoms. The molecule has 0 saturated heterocycles. The first-order valence-electron chi connectivity index (χ1n) is 17.1. The molecule has 4 aromatic carbocycles. The number of hydrogen-bond acceptors (Lipinski definition) is 3. The molecular weight excluding hydrogens is 948 g/mol. The van der Waals surface area contributed by atoms with Crippen LogP contribution in [0.15, 0.2) is 97.1 Å². The summed E-state index contributed by atoms with van der Waals surface area (Å²) in [5.74, 6) is 0. The number of halogens is 8. The molecular formula is C44H21Cl8N5Zn. The first kappa shape index (κ1) is 41.0. The average molecular weight is 969 g/mol. The second-order valence-corrected chi connectivity index (χ2v) is 16.2. The average Bonchev–Trinajstić information content (AvgIpc) is 4.00. The standard InChI is InChI=1S/C44H21Cl8N5.Zn/c45-20-5-1-6-21(46)36(20)40-29-13-14-30(54-29)41(37-22(47)7-2-8-23(37)48)32-17-18-34(56-32)43(39-26(51)11-4-12-27(39)52)44-28(53)19-35(57-44)42(33-16-15-31(40)55-33)38-24(49)9-3-10-25(38)50;/h1-19H,53H2;/q-2;+2. The number of nitrogens with two attached hydrogens (primary N) is 1. The van der Waals surface area contributed by atoms with E-state index in [1.54, 1.807) is 78.9 Å². The van der Waals surface area contributed by atoms with E-state index in [0.717, 1.165) is 0 Å². The van der Waals surface area contributed by atoms with Crippen molar-refractivity contribution in [3.63, 3.8) is 0 Å². The van der Waals surface area contributed by atoms with Crippen molar-refractivity contribution in [2.24, 2.45) is 5.73 Å².